The van der Waals surface area contributed by atoms with Gasteiger partial charge in [0, 0.05) is 19.5 Å². The van der Waals surface area contributed by atoms with E-state index in [1.165, 1.54) is 19.3 Å². The third-order valence-corrected chi connectivity index (χ3v) is 4.04. The van der Waals surface area contributed by atoms with E-state index in [-0.39, 0.29) is 5.91 Å². The van der Waals surface area contributed by atoms with Crippen LogP contribution in [0.2, 0.25) is 0 Å². The lowest BCUT2D eigenvalue weighted by Crippen LogP contribution is -2.30. The van der Waals surface area contributed by atoms with Crippen LogP contribution in [0, 0.1) is 0 Å². The maximum atomic E-state index is 12.1. The summed E-state index contributed by atoms with van der Waals surface area (Å²) in [5.41, 5.74) is 2.74. The molecule has 0 unspecified atom stereocenters. The molecule has 1 aromatic carbocycles. The lowest BCUT2D eigenvalue weighted by Gasteiger charge is -2.30. The molecular weight excluding hydrogens is 292 g/mol. The number of hydrogen-bond acceptors (Lipinski definition) is 5. The summed E-state index contributed by atoms with van der Waals surface area (Å²) in [5.74, 6) is 0.0413. The highest BCUT2D eigenvalue weighted by atomic mass is 16.1. The minimum atomic E-state index is 0.0413. The van der Waals surface area contributed by atoms with Gasteiger partial charge >= 0.3 is 0 Å². The second kappa shape index (κ2) is 7.21. The first-order chi connectivity index (χ1) is 11.3. The lowest BCUT2D eigenvalue weighted by atomic mass is 10.1. The van der Waals surface area contributed by atoms with Crippen LogP contribution in [0.1, 0.15) is 39.0 Å². The summed E-state index contributed by atoms with van der Waals surface area (Å²) in [7, 11) is 0. The standard InChI is InChI=1S/C16H22N6O/c1-2-6-16(23)18-14-11-13(22-12-17-19-20-22)7-8-15(14)21-9-4-3-5-10-21/h7-8,11-12H,2-6,9-10H2,1H3,(H,18,23). The van der Waals surface area contributed by atoms with Gasteiger partial charge in [-0.2, -0.15) is 0 Å². The highest BCUT2D eigenvalue weighted by Crippen LogP contribution is 2.30. The smallest absolute Gasteiger partial charge is 0.224 e. The number of nitrogens with zero attached hydrogens (tertiary/aromatic N) is 5. The minimum Gasteiger partial charge on any atom is -0.370 e. The van der Waals surface area contributed by atoms with E-state index in [1.54, 1.807) is 11.0 Å². The molecule has 2 aromatic rings. The van der Waals surface area contributed by atoms with Gasteiger partial charge in [0.05, 0.1) is 17.1 Å². The summed E-state index contributed by atoms with van der Waals surface area (Å²) in [6.45, 7) is 4.06. The van der Waals surface area contributed by atoms with Crippen LogP contribution in [0.15, 0.2) is 24.5 Å². The number of piperidine rings is 1. The minimum absolute atomic E-state index is 0.0413. The molecule has 1 N–H and O–H groups in total. The van der Waals surface area contributed by atoms with Crippen LogP contribution in [0.5, 0.6) is 0 Å². The Morgan fingerprint density at radius 2 is 2.09 bits per heavy atom. The summed E-state index contributed by atoms with van der Waals surface area (Å²) in [5, 5.41) is 14.3. The van der Waals surface area contributed by atoms with Crippen LogP contribution in [0.3, 0.4) is 0 Å². The maximum absolute atomic E-state index is 12.1. The first kappa shape index (κ1) is 15.5. The average Bonchev–Trinajstić information content (AvgIpc) is 3.10. The molecule has 0 spiro atoms. The van der Waals surface area contributed by atoms with Crippen molar-refractivity contribution in [2.75, 3.05) is 23.3 Å². The summed E-state index contributed by atoms with van der Waals surface area (Å²) in [4.78, 5) is 14.4. The zero-order chi connectivity index (χ0) is 16.1. The van der Waals surface area contributed by atoms with Gasteiger partial charge in [-0.25, -0.2) is 4.68 Å². The fourth-order valence-electron chi connectivity index (χ4n) is 2.90. The Morgan fingerprint density at radius 3 is 2.78 bits per heavy atom. The van der Waals surface area contributed by atoms with E-state index in [9.17, 15) is 4.79 Å². The van der Waals surface area contributed by atoms with Crippen molar-refractivity contribution < 1.29 is 4.79 Å². The van der Waals surface area contributed by atoms with Gasteiger partial charge in [-0.15, -0.1) is 5.10 Å². The van der Waals surface area contributed by atoms with Crippen molar-refractivity contribution in [2.45, 2.75) is 39.0 Å². The van der Waals surface area contributed by atoms with Crippen molar-refractivity contribution in [1.82, 2.24) is 20.2 Å². The highest BCUT2D eigenvalue weighted by molar-refractivity contribution is 5.94. The van der Waals surface area contributed by atoms with Crippen LogP contribution in [0.25, 0.3) is 5.69 Å². The highest BCUT2D eigenvalue weighted by Gasteiger charge is 2.17. The third-order valence-electron chi connectivity index (χ3n) is 4.04. The summed E-state index contributed by atoms with van der Waals surface area (Å²) < 4.78 is 1.59. The molecule has 1 fully saturated rings. The molecule has 2 heterocycles. The molecule has 0 saturated carbocycles. The first-order valence-corrected chi connectivity index (χ1v) is 8.20. The van der Waals surface area contributed by atoms with Gasteiger partial charge in [0.1, 0.15) is 6.33 Å². The van der Waals surface area contributed by atoms with Gasteiger partial charge in [-0.1, -0.05) is 6.92 Å². The van der Waals surface area contributed by atoms with Gasteiger partial charge in [-0.05, 0) is 54.3 Å². The normalized spacial score (nSPS) is 14.7. The predicted octanol–water partition coefficient (Wildman–Crippen LogP) is 2.39. The summed E-state index contributed by atoms with van der Waals surface area (Å²) >= 11 is 0. The topological polar surface area (TPSA) is 75.9 Å². The van der Waals surface area contributed by atoms with Gasteiger partial charge in [0.2, 0.25) is 5.91 Å². The monoisotopic (exact) mass is 314 g/mol. The van der Waals surface area contributed by atoms with Crippen LogP contribution >= 0.6 is 0 Å². The quantitative estimate of drug-likeness (QED) is 0.917. The number of carbonyl (C=O) groups excluding carboxylic acids is 1. The Kier molecular flexibility index (Phi) is 4.85. The summed E-state index contributed by atoms with van der Waals surface area (Å²) in [6, 6.07) is 5.97. The van der Waals surface area contributed by atoms with Crippen LogP contribution in [-0.2, 0) is 4.79 Å². The molecule has 1 amide bonds. The van der Waals surface area contributed by atoms with Crippen molar-refractivity contribution >= 4 is 17.3 Å². The van der Waals surface area contributed by atoms with Crippen molar-refractivity contribution in [3.05, 3.63) is 24.5 Å². The third kappa shape index (κ3) is 3.67. The molecule has 1 aromatic heterocycles. The van der Waals surface area contributed by atoms with E-state index >= 15 is 0 Å². The number of anilines is 2. The van der Waals surface area contributed by atoms with Crippen LogP contribution in [0.4, 0.5) is 11.4 Å². The molecule has 0 aliphatic carbocycles. The Balaban J connectivity index is 1.91. The zero-order valence-corrected chi connectivity index (χ0v) is 13.4. The van der Waals surface area contributed by atoms with Crippen molar-refractivity contribution in [3.63, 3.8) is 0 Å². The van der Waals surface area contributed by atoms with Crippen molar-refractivity contribution in [3.8, 4) is 5.69 Å². The molecule has 0 atom stereocenters. The SMILES string of the molecule is CCCC(=O)Nc1cc(-n2cnnn2)ccc1N1CCCCC1. The average molecular weight is 314 g/mol. The first-order valence-electron chi connectivity index (χ1n) is 8.20. The number of aromatic nitrogens is 4. The Bertz CT molecular complexity index is 649. The molecule has 1 saturated heterocycles. The molecule has 1 aliphatic rings. The van der Waals surface area contributed by atoms with Crippen LogP contribution in [-0.4, -0.2) is 39.2 Å². The molecule has 0 bridgehead atoms. The molecule has 23 heavy (non-hydrogen) atoms. The molecule has 3 rings (SSSR count). The predicted molar refractivity (Wildman–Crippen MR) is 88.8 cm³/mol. The van der Waals surface area contributed by atoms with Gasteiger partial charge in [-0.3, -0.25) is 4.79 Å². The lowest BCUT2D eigenvalue weighted by molar-refractivity contribution is -0.116. The molecule has 7 heteroatoms. The van der Waals surface area contributed by atoms with Gasteiger partial charge < -0.3 is 10.2 Å². The van der Waals surface area contributed by atoms with Gasteiger partial charge in [0.15, 0.2) is 0 Å². The van der Waals surface area contributed by atoms with Crippen LogP contribution < -0.4 is 10.2 Å². The van der Waals surface area contributed by atoms with E-state index in [0.29, 0.717) is 6.42 Å². The van der Waals surface area contributed by atoms with Crippen molar-refractivity contribution in [2.24, 2.45) is 0 Å². The maximum Gasteiger partial charge on any atom is 0.224 e. The number of carbonyl (C=O) groups is 1. The summed E-state index contributed by atoms with van der Waals surface area (Å²) in [6.07, 6.45) is 6.56. The molecule has 1 aliphatic heterocycles. The number of amides is 1. The molecule has 122 valence electrons. The largest absolute Gasteiger partial charge is 0.370 e. The number of tetrazole rings is 1. The van der Waals surface area contributed by atoms with E-state index in [2.05, 4.69) is 25.7 Å². The van der Waals surface area contributed by atoms with Crippen molar-refractivity contribution in [1.29, 1.82) is 0 Å². The number of nitrogens with one attached hydrogen (secondary N) is 1. The van der Waals surface area contributed by atoms with E-state index in [1.807, 2.05) is 25.1 Å². The number of hydrogen-bond donors (Lipinski definition) is 1. The number of benzene rings is 1. The molecule has 7 nitrogen and oxygen atoms in total. The van der Waals surface area contributed by atoms with Gasteiger partial charge in [0.25, 0.3) is 0 Å². The Morgan fingerprint density at radius 1 is 1.26 bits per heavy atom. The Labute approximate surface area is 135 Å². The second-order valence-corrected chi connectivity index (χ2v) is 5.80. The van der Waals surface area contributed by atoms with E-state index in [0.717, 1.165) is 36.6 Å². The fourth-order valence-corrected chi connectivity index (χ4v) is 2.90. The van der Waals surface area contributed by atoms with E-state index in [4.69, 9.17) is 0 Å². The Hall–Kier alpha value is -2.44. The molecular formula is C16H22N6O. The second-order valence-electron chi connectivity index (χ2n) is 5.80. The molecule has 0 radical (unpaired) electrons. The number of rotatable bonds is 5. The zero-order valence-electron chi connectivity index (χ0n) is 13.4. The van der Waals surface area contributed by atoms with E-state index < -0.39 is 0 Å². The fraction of sp³-hybridized carbons (Fsp3) is 0.500.